The average Bonchev–Trinajstić information content (AvgIpc) is 3.32. The summed E-state index contributed by atoms with van der Waals surface area (Å²) < 4.78 is 2.18. The molecule has 0 spiro atoms. The van der Waals surface area contributed by atoms with Gasteiger partial charge in [-0.2, -0.15) is 0 Å². The molecule has 3 N–H and O–H groups in total. The second-order valence-corrected chi connectivity index (χ2v) is 6.82. The van der Waals surface area contributed by atoms with Gasteiger partial charge in [0.15, 0.2) is 0 Å². The molecule has 0 saturated heterocycles. The number of carbonyl (C=O) groups is 1. The number of rotatable bonds is 7. The normalized spacial score (nSPS) is 11.7. The number of aromatic amines is 1. The predicted molar refractivity (Wildman–Crippen MR) is 111 cm³/mol. The standard InChI is InChI=1S/C21H24N6O/c1-3-26(4-2)10-11-27-13-23-17-12-14(8-9-18(17)27)21-24-16-7-5-6-15(20(22)28)19(16)25-21/h5-9,12-13H,3-4,10-11H2,1-2H3,(H2,22,28)(H,24,25). The van der Waals surface area contributed by atoms with Gasteiger partial charge >= 0.3 is 0 Å². The third kappa shape index (κ3) is 3.25. The van der Waals surface area contributed by atoms with E-state index in [1.54, 1.807) is 12.1 Å². The molecule has 0 bridgehead atoms. The van der Waals surface area contributed by atoms with Gasteiger partial charge in [0.1, 0.15) is 11.3 Å². The molecule has 7 heteroatoms. The number of fused-ring (bicyclic) bond motifs is 2. The summed E-state index contributed by atoms with van der Waals surface area (Å²) in [7, 11) is 0. The van der Waals surface area contributed by atoms with Crippen molar-refractivity contribution >= 4 is 28.0 Å². The number of benzene rings is 2. The van der Waals surface area contributed by atoms with Gasteiger partial charge in [-0.05, 0) is 43.4 Å². The molecule has 7 nitrogen and oxygen atoms in total. The Kier molecular flexibility index (Phi) is 4.83. The lowest BCUT2D eigenvalue weighted by Gasteiger charge is -2.18. The third-order valence-corrected chi connectivity index (χ3v) is 5.22. The molecule has 144 valence electrons. The van der Waals surface area contributed by atoms with E-state index >= 15 is 0 Å². The molecule has 4 aromatic rings. The van der Waals surface area contributed by atoms with Crippen molar-refractivity contribution in [3.63, 3.8) is 0 Å². The molecule has 0 atom stereocenters. The fraction of sp³-hybridized carbons (Fsp3) is 0.286. The molecule has 0 saturated carbocycles. The minimum absolute atomic E-state index is 0.418. The van der Waals surface area contributed by atoms with Gasteiger partial charge in [0.05, 0.1) is 28.4 Å². The van der Waals surface area contributed by atoms with E-state index in [9.17, 15) is 4.79 Å². The minimum atomic E-state index is -0.481. The SMILES string of the molecule is CCN(CC)CCn1cnc2cc(-c3nc4c(C(N)=O)cccc4[nH]3)ccc21. The Hall–Kier alpha value is -3.19. The number of hydrogen-bond donors (Lipinski definition) is 2. The number of para-hydroxylation sites is 1. The topological polar surface area (TPSA) is 92.8 Å². The van der Waals surface area contributed by atoms with E-state index in [1.165, 1.54) is 0 Å². The number of imidazole rings is 2. The Morgan fingerprint density at radius 2 is 2.04 bits per heavy atom. The van der Waals surface area contributed by atoms with Crippen molar-refractivity contribution < 1.29 is 4.79 Å². The number of nitrogens with two attached hydrogens (primary N) is 1. The smallest absolute Gasteiger partial charge is 0.250 e. The molecule has 0 radical (unpaired) electrons. The monoisotopic (exact) mass is 376 g/mol. The number of hydrogen-bond acceptors (Lipinski definition) is 4. The number of nitrogens with zero attached hydrogens (tertiary/aromatic N) is 4. The second-order valence-electron chi connectivity index (χ2n) is 6.82. The summed E-state index contributed by atoms with van der Waals surface area (Å²) in [4.78, 5) is 26.5. The summed E-state index contributed by atoms with van der Waals surface area (Å²) in [5.41, 5.74) is 10.2. The Morgan fingerprint density at radius 3 is 2.79 bits per heavy atom. The molecular formula is C21H24N6O. The number of H-pyrrole nitrogens is 1. The Labute approximate surface area is 163 Å². The predicted octanol–water partition coefficient (Wildman–Crippen LogP) is 3.02. The summed E-state index contributed by atoms with van der Waals surface area (Å²) in [6, 6.07) is 11.5. The van der Waals surface area contributed by atoms with Crippen LogP contribution in [0.5, 0.6) is 0 Å². The van der Waals surface area contributed by atoms with Crippen LogP contribution in [-0.2, 0) is 6.54 Å². The highest BCUT2D eigenvalue weighted by Crippen LogP contribution is 2.25. The maximum atomic E-state index is 11.6. The number of amides is 1. The lowest BCUT2D eigenvalue weighted by molar-refractivity contribution is 0.100. The first-order chi connectivity index (χ1) is 13.6. The minimum Gasteiger partial charge on any atom is -0.366 e. The molecule has 0 aliphatic rings. The van der Waals surface area contributed by atoms with Crippen molar-refractivity contribution in [3.8, 4) is 11.4 Å². The van der Waals surface area contributed by atoms with Gasteiger partial charge in [-0.15, -0.1) is 0 Å². The zero-order chi connectivity index (χ0) is 19.7. The van der Waals surface area contributed by atoms with Crippen LogP contribution in [0.2, 0.25) is 0 Å². The van der Waals surface area contributed by atoms with Gasteiger partial charge in [0, 0.05) is 18.7 Å². The molecule has 0 unspecified atom stereocenters. The van der Waals surface area contributed by atoms with Gasteiger partial charge in [-0.1, -0.05) is 19.9 Å². The first kappa shape index (κ1) is 18.2. The summed E-state index contributed by atoms with van der Waals surface area (Å²) in [6.45, 7) is 8.36. The Morgan fingerprint density at radius 1 is 1.21 bits per heavy atom. The zero-order valence-corrected chi connectivity index (χ0v) is 16.1. The molecular weight excluding hydrogens is 352 g/mol. The molecule has 1 amide bonds. The van der Waals surface area contributed by atoms with Crippen LogP contribution < -0.4 is 5.73 Å². The van der Waals surface area contributed by atoms with E-state index in [0.717, 1.165) is 48.3 Å². The van der Waals surface area contributed by atoms with E-state index in [4.69, 9.17) is 5.73 Å². The highest BCUT2D eigenvalue weighted by atomic mass is 16.1. The van der Waals surface area contributed by atoms with Crippen LogP contribution in [0.25, 0.3) is 33.5 Å². The largest absolute Gasteiger partial charge is 0.366 e. The van der Waals surface area contributed by atoms with Crippen molar-refractivity contribution in [1.82, 2.24) is 24.4 Å². The number of carbonyl (C=O) groups excluding carboxylic acids is 1. The highest BCUT2D eigenvalue weighted by Gasteiger charge is 2.13. The molecule has 0 fully saturated rings. The van der Waals surface area contributed by atoms with Crippen molar-refractivity contribution in [3.05, 3.63) is 48.3 Å². The first-order valence-electron chi connectivity index (χ1n) is 9.56. The van der Waals surface area contributed by atoms with Gasteiger partial charge in [0.25, 0.3) is 5.91 Å². The van der Waals surface area contributed by atoms with Gasteiger partial charge in [-0.3, -0.25) is 4.79 Å². The summed E-state index contributed by atoms with van der Waals surface area (Å²) in [6.07, 6.45) is 1.89. The fourth-order valence-electron chi connectivity index (χ4n) is 3.55. The van der Waals surface area contributed by atoms with Crippen molar-refractivity contribution in [2.24, 2.45) is 5.73 Å². The number of likely N-dealkylation sites (N-methyl/N-ethyl adjacent to an activating group) is 1. The average molecular weight is 376 g/mol. The zero-order valence-electron chi connectivity index (χ0n) is 16.1. The lowest BCUT2D eigenvalue weighted by Crippen LogP contribution is -2.26. The maximum Gasteiger partial charge on any atom is 0.250 e. The Bertz CT molecular complexity index is 1140. The second kappa shape index (κ2) is 7.44. The van der Waals surface area contributed by atoms with Crippen molar-refractivity contribution in [2.75, 3.05) is 19.6 Å². The van der Waals surface area contributed by atoms with Crippen molar-refractivity contribution in [1.29, 1.82) is 0 Å². The van der Waals surface area contributed by atoms with E-state index in [1.807, 2.05) is 24.5 Å². The molecule has 0 aliphatic carbocycles. The maximum absolute atomic E-state index is 11.6. The molecule has 28 heavy (non-hydrogen) atoms. The summed E-state index contributed by atoms with van der Waals surface area (Å²) in [5, 5.41) is 0. The van der Waals surface area contributed by atoms with Crippen LogP contribution >= 0.6 is 0 Å². The van der Waals surface area contributed by atoms with Crippen LogP contribution in [-0.4, -0.2) is 50.0 Å². The van der Waals surface area contributed by atoms with Crippen LogP contribution in [0, 0.1) is 0 Å². The quantitative estimate of drug-likeness (QED) is 0.518. The molecule has 2 aromatic carbocycles. The molecule has 2 heterocycles. The number of primary amides is 1. The summed E-state index contributed by atoms with van der Waals surface area (Å²) >= 11 is 0. The summed E-state index contributed by atoms with van der Waals surface area (Å²) in [5.74, 6) is 0.217. The van der Waals surface area contributed by atoms with Gasteiger partial charge < -0.3 is 20.2 Å². The highest BCUT2D eigenvalue weighted by molar-refractivity contribution is 6.04. The van der Waals surface area contributed by atoms with Crippen LogP contribution in [0.15, 0.2) is 42.7 Å². The molecule has 0 aliphatic heterocycles. The van der Waals surface area contributed by atoms with E-state index in [0.29, 0.717) is 16.9 Å². The van der Waals surface area contributed by atoms with E-state index < -0.39 is 5.91 Å². The number of aromatic nitrogens is 4. The fourth-order valence-corrected chi connectivity index (χ4v) is 3.55. The van der Waals surface area contributed by atoms with E-state index in [2.05, 4.69) is 44.3 Å². The Balaban J connectivity index is 1.66. The number of nitrogens with one attached hydrogen (secondary N) is 1. The van der Waals surface area contributed by atoms with Gasteiger partial charge in [-0.25, -0.2) is 9.97 Å². The molecule has 2 aromatic heterocycles. The van der Waals surface area contributed by atoms with Crippen molar-refractivity contribution in [2.45, 2.75) is 20.4 Å². The van der Waals surface area contributed by atoms with Crippen LogP contribution in [0.1, 0.15) is 24.2 Å². The lowest BCUT2D eigenvalue weighted by atomic mass is 10.2. The van der Waals surface area contributed by atoms with Crippen LogP contribution in [0.4, 0.5) is 0 Å². The third-order valence-electron chi connectivity index (χ3n) is 5.22. The van der Waals surface area contributed by atoms with E-state index in [-0.39, 0.29) is 0 Å². The van der Waals surface area contributed by atoms with Gasteiger partial charge in [0.2, 0.25) is 0 Å². The molecule has 4 rings (SSSR count). The van der Waals surface area contributed by atoms with Crippen LogP contribution in [0.3, 0.4) is 0 Å². The first-order valence-corrected chi connectivity index (χ1v) is 9.56.